The number of rotatable bonds is 4. The molecule has 1 N–H and O–H groups in total. The van der Waals surface area contributed by atoms with Crippen molar-refractivity contribution in [3.8, 4) is 0 Å². The Balaban J connectivity index is 1.36. The molecule has 1 saturated carbocycles. The topological polar surface area (TPSA) is 59.8 Å². The molecule has 2 heterocycles. The van der Waals surface area contributed by atoms with Crippen LogP contribution < -0.4 is 5.32 Å². The third kappa shape index (κ3) is 2.50. The monoisotopic (exact) mass is 316 g/mol. The van der Waals surface area contributed by atoms with Crippen molar-refractivity contribution >= 4 is 17.5 Å². The maximum Gasteiger partial charge on any atom is 0.224 e. The van der Waals surface area contributed by atoms with Crippen molar-refractivity contribution in [2.45, 2.75) is 38.3 Å². The first-order valence-electron chi connectivity index (χ1n) is 7.66. The Kier molecular flexibility index (Phi) is 3.37. The predicted octanol–water partition coefficient (Wildman–Crippen LogP) is 2.30. The summed E-state index contributed by atoms with van der Waals surface area (Å²) in [5.74, 6) is 2.34. The van der Waals surface area contributed by atoms with Crippen molar-refractivity contribution in [3.05, 3.63) is 46.5 Å². The van der Waals surface area contributed by atoms with E-state index in [0.717, 1.165) is 48.0 Å². The number of nitrogens with zero attached hydrogens (tertiary/aromatic N) is 3. The van der Waals surface area contributed by atoms with Crippen molar-refractivity contribution in [1.29, 1.82) is 0 Å². The van der Waals surface area contributed by atoms with Gasteiger partial charge in [-0.25, -0.2) is 0 Å². The first-order valence-corrected chi connectivity index (χ1v) is 8.04. The van der Waals surface area contributed by atoms with E-state index in [4.69, 9.17) is 11.6 Å². The number of hydrogen-bond donors (Lipinski definition) is 1. The average Bonchev–Trinajstić information content (AvgIpc) is 3.02. The number of aryl methyl sites for hydroxylation is 1. The average molecular weight is 317 g/mol. The highest BCUT2D eigenvalue weighted by Gasteiger charge is 2.43. The van der Waals surface area contributed by atoms with Crippen LogP contribution >= 0.6 is 11.6 Å². The number of carbonyl (C=O) groups is 1. The van der Waals surface area contributed by atoms with Gasteiger partial charge in [-0.15, -0.1) is 10.2 Å². The number of aromatic nitrogens is 3. The minimum Gasteiger partial charge on any atom is -0.349 e. The second-order valence-corrected chi connectivity index (χ2v) is 6.45. The fraction of sp³-hybridized carbons (Fsp3) is 0.438. The molecule has 0 saturated heterocycles. The maximum atomic E-state index is 12.3. The fourth-order valence-corrected chi connectivity index (χ4v) is 3.43. The van der Waals surface area contributed by atoms with Gasteiger partial charge in [0.25, 0.3) is 0 Å². The Morgan fingerprint density at radius 2 is 2.32 bits per heavy atom. The lowest BCUT2D eigenvalue weighted by Crippen LogP contribution is -2.26. The number of amides is 1. The summed E-state index contributed by atoms with van der Waals surface area (Å²) < 4.78 is 2.11. The van der Waals surface area contributed by atoms with Gasteiger partial charge >= 0.3 is 0 Å². The highest BCUT2D eigenvalue weighted by molar-refractivity contribution is 6.30. The number of nitrogens with one attached hydrogen (secondary N) is 1. The van der Waals surface area contributed by atoms with Gasteiger partial charge in [-0.3, -0.25) is 4.79 Å². The van der Waals surface area contributed by atoms with Crippen LogP contribution in [0.2, 0.25) is 5.02 Å². The summed E-state index contributed by atoms with van der Waals surface area (Å²) in [6.07, 6.45) is 3.00. The standard InChI is InChI=1S/C16H17ClN4O/c17-11-4-1-3-10(7-11)12-8-13(12)16(22)18-9-15-20-19-14-5-2-6-21(14)15/h1,3-4,7,12-13H,2,5-6,8-9H2,(H,18,22)/t12-,13+/m0/s1. The van der Waals surface area contributed by atoms with E-state index in [2.05, 4.69) is 20.1 Å². The minimum atomic E-state index is 0.0550. The van der Waals surface area contributed by atoms with E-state index in [1.54, 1.807) is 0 Å². The number of hydrogen-bond acceptors (Lipinski definition) is 3. The maximum absolute atomic E-state index is 12.3. The quantitative estimate of drug-likeness (QED) is 0.941. The summed E-state index contributed by atoms with van der Waals surface area (Å²) in [6, 6.07) is 7.78. The van der Waals surface area contributed by atoms with Gasteiger partial charge in [-0.1, -0.05) is 23.7 Å². The second-order valence-electron chi connectivity index (χ2n) is 6.01. The van der Waals surface area contributed by atoms with Gasteiger partial charge in [0, 0.05) is 23.9 Å². The van der Waals surface area contributed by atoms with Crippen LogP contribution in [-0.2, 0) is 24.3 Å². The van der Waals surface area contributed by atoms with E-state index in [9.17, 15) is 4.79 Å². The van der Waals surface area contributed by atoms with Gasteiger partial charge in [-0.05, 0) is 36.5 Å². The Labute approximate surface area is 133 Å². The van der Waals surface area contributed by atoms with Gasteiger partial charge < -0.3 is 9.88 Å². The highest BCUT2D eigenvalue weighted by atomic mass is 35.5. The van der Waals surface area contributed by atoms with Crippen molar-refractivity contribution in [3.63, 3.8) is 0 Å². The third-order valence-electron chi connectivity index (χ3n) is 4.51. The van der Waals surface area contributed by atoms with Crippen LogP contribution in [0.3, 0.4) is 0 Å². The molecule has 114 valence electrons. The molecular formula is C16H17ClN4O. The van der Waals surface area contributed by atoms with E-state index in [0.29, 0.717) is 12.5 Å². The number of fused-ring (bicyclic) bond motifs is 1. The first kappa shape index (κ1) is 13.8. The van der Waals surface area contributed by atoms with Gasteiger partial charge in [0.05, 0.1) is 6.54 Å². The molecule has 1 aromatic heterocycles. The second kappa shape index (κ2) is 5.39. The van der Waals surface area contributed by atoms with Crippen LogP contribution in [0.5, 0.6) is 0 Å². The Morgan fingerprint density at radius 1 is 1.41 bits per heavy atom. The molecule has 1 aromatic carbocycles. The van der Waals surface area contributed by atoms with Crippen LogP contribution in [0.4, 0.5) is 0 Å². The van der Waals surface area contributed by atoms with Crippen molar-refractivity contribution in [1.82, 2.24) is 20.1 Å². The molecule has 1 amide bonds. The minimum absolute atomic E-state index is 0.0550. The molecule has 5 nitrogen and oxygen atoms in total. The van der Waals surface area contributed by atoms with Crippen LogP contribution in [0.15, 0.2) is 24.3 Å². The van der Waals surface area contributed by atoms with Crippen LogP contribution in [0.25, 0.3) is 0 Å². The van der Waals surface area contributed by atoms with Crippen LogP contribution in [0, 0.1) is 5.92 Å². The largest absolute Gasteiger partial charge is 0.349 e. The van der Waals surface area contributed by atoms with Gasteiger partial charge in [0.15, 0.2) is 5.82 Å². The van der Waals surface area contributed by atoms with Crippen molar-refractivity contribution < 1.29 is 4.79 Å². The Hall–Kier alpha value is -1.88. The zero-order valence-electron chi connectivity index (χ0n) is 12.1. The molecule has 2 aliphatic rings. The van der Waals surface area contributed by atoms with E-state index >= 15 is 0 Å². The summed E-state index contributed by atoms with van der Waals surface area (Å²) in [6.45, 7) is 1.42. The smallest absolute Gasteiger partial charge is 0.224 e. The zero-order chi connectivity index (χ0) is 15.1. The zero-order valence-corrected chi connectivity index (χ0v) is 12.9. The summed E-state index contributed by atoms with van der Waals surface area (Å²) in [7, 11) is 0. The first-order chi connectivity index (χ1) is 10.7. The number of benzene rings is 1. The molecular weight excluding hydrogens is 300 g/mol. The van der Waals surface area contributed by atoms with Crippen molar-refractivity contribution in [2.75, 3.05) is 0 Å². The summed E-state index contributed by atoms with van der Waals surface area (Å²) >= 11 is 6.01. The Morgan fingerprint density at radius 3 is 3.18 bits per heavy atom. The molecule has 1 aliphatic heterocycles. The molecule has 0 unspecified atom stereocenters. The summed E-state index contributed by atoms with van der Waals surface area (Å²) in [5, 5.41) is 12.0. The molecule has 0 bridgehead atoms. The van der Waals surface area contributed by atoms with Gasteiger partial charge in [0.1, 0.15) is 5.82 Å². The highest BCUT2D eigenvalue weighted by Crippen LogP contribution is 2.47. The summed E-state index contributed by atoms with van der Waals surface area (Å²) in [4.78, 5) is 12.3. The molecule has 0 spiro atoms. The molecule has 2 aromatic rings. The van der Waals surface area contributed by atoms with E-state index in [1.807, 2.05) is 24.3 Å². The SMILES string of the molecule is O=C(NCc1nnc2n1CCC2)[C@@H]1C[C@H]1c1cccc(Cl)c1. The summed E-state index contributed by atoms with van der Waals surface area (Å²) in [5.41, 5.74) is 1.15. The molecule has 2 atom stereocenters. The number of carbonyl (C=O) groups excluding carboxylic acids is 1. The van der Waals surface area contributed by atoms with Gasteiger partial charge in [-0.2, -0.15) is 0 Å². The van der Waals surface area contributed by atoms with Crippen molar-refractivity contribution in [2.24, 2.45) is 5.92 Å². The predicted molar refractivity (Wildman–Crippen MR) is 82.5 cm³/mol. The lowest BCUT2D eigenvalue weighted by molar-refractivity contribution is -0.122. The molecule has 22 heavy (non-hydrogen) atoms. The molecule has 1 aliphatic carbocycles. The van der Waals surface area contributed by atoms with E-state index in [-0.39, 0.29) is 11.8 Å². The lowest BCUT2D eigenvalue weighted by Gasteiger charge is -2.06. The fourth-order valence-electron chi connectivity index (χ4n) is 3.23. The number of halogens is 1. The lowest BCUT2D eigenvalue weighted by atomic mass is 10.1. The molecule has 1 fully saturated rings. The van der Waals surface area contributed by atoms with Crippen LogP contribution in [-0.4, -0.2) is 20.7 Å². The van der Waals surface area contributed by atoms with E-state index < -0.39 is 0 Å². The molecule has 6 heteroatoms. The van der Waals surface area contributed by atoms with Crippen LogP contribution in [0.1, 0.15) is 36.0 Å². The van der Waals surface area contributed by atoms with Gasteiger partial charge in [0.2, 0.25) is 5.91 Å². The third-order valence-corrected chi connectivity index (χ3v) is 4.75. The van der Waals surface area contributed by atoms with E-state index in [1.165, 1.54) is 0 Å². The normalized spacial score (nSPS) is 22.4. The molecule has 4 rings (SSSR count). The Bertz CT molecular complexity index is 727. The molecule has 0 radical (unpaired) electrons.